The lowest BCUT2D eigenvalue weighted by Crippen LogP contribution is -1.80. The number of phenolic OH excluding ortho intramolecular Hbond substituents is 2. The molecule has 2 nitrogen and oxygen atoms in total. The summed E-state index contributed by atoms with van der Waals surface area (Å²) in [6, 6.07) is 14.5. The smallest absolute Gasteiger partial charge is 0.115 e. The average Bonchev–Trinajstić information content (AvgIpc) is 2.34. The summed E-state index contributed by atoms with van der Waals surface area (Å²) in [4.78, 5) is 0. The molecule has 0 saturated heterocycles. The van der Waals surface area contributed by atoms with Crippen LogP contribution in [0.3, 0.4) is 0 Å². The molecule has 0 aliphatic carbocycles. The summed E-state index contributed by atoms with van der Waals surface area (Å²) >= 11 is 0. The summed E-state index contributed by atoms with van der Waals surface area (Å²) in [5, 5.41) is 17.8. The highest BCUT2D eigenvalue weighted by atomic mass is 16.3. The molecule has 2 heteroatoms. The fraction of sp³-hybridized carbons (Fsp3) is 0.250. The third-order valence-corrected chi connectivity index (χ3v) is 2.48. The standard InChI is InChI=1S/C9H12O.C7H8O/c1-2-4-8-5-3-6-9(10)7-8;1-6-2-4-7(8)5-3-6/h3,5-7,10H,2,4H2,1H3;2-5,8H,1H3. The van der Waals surface area contributed by atoms with E-state index in [1.807, 2.05) is 37.3 Å². The van der Waals surface area contributed by atoms with Gasteiger partial charge >= 0.3 is 0 Å². The van der Waals surface area contributed by atoms with Crippen molar-refractivity contribution < 1.29 is 10.2 Å². The largest absolute Gasteiger partial charge is 0.508 e. The van der Waals surface area contributed by atoms with Crippen LogP contribution in [0.4, 0.5) is 0 Å². The second kappa shape index (κ2) is 7.38. The van der Waals surface area contributed by atoms with E-state index in [0.717, 1.165) is 12.8 Å². The number of aromatic hydroxyl groups is 2. The van der Waals surface area contributed by atoms with Gasteiger partial charge in [0.1, 0.15) is 11.5 Å². The Morgan fingerprint density at radius 2 is 1.56 bits per heavy atom. The van der Waals surface area contributed by atoms with Gasteiger partial charge in [-0.2, -0.15) is 0 Å². The van der Waals surface area contributed by atoms with Gasteiger partial charge in [0.15, 0.2) is 0 Å². The molecular weight excluding hydrogens is 224 g/mol. The molecule has 0 unspecified atom stereocenters. The molecule has 0 fully saturated rings. The van der Waals surface area contributed by atoms with E-state index in [4.69, 9.17) is 10.2 Å². The van der Waals surface area contributed by atoms with Crippen molar-refractivity contribution in [2.75, 3.05) is 0 Å². The van der Waals surface area contributed by atoms with Gasteiger partial charge in [-0.05, 0) is 43.2 Å². The Morgan fingerprint density at radius 1 is 0.889 bits per heavy atom. The van der Waals surface area contributed by atoms with Crippen molar-refractivity contribution in [2.45, 2.75) is 26.7 Å². The van der Waals surface area contributed by atoms with Crippen molar-refractivity contribution in [1.82, 2.24) is 0 Å². The summed E-state index contributed by atoms with van der Waals surface area (Å²) in [6.07, 6.45) is 2.18. The van der Waals surface area contributed by atoms with Crippen molar-refractivity contribution in [3.8, 4) is 11.5 Å². The molecule has 0 atom stereocenters. The van der Waals surface area contributed by atoms with Crippen molar-refractivity contribution in [1.29, 1.82) is 0 Å². The van der Waals surface area contributed by atoms with Gasteiger partial charge in [0.25, 0.3) is 0 Å². The molecule has 0 radical (unpaired) electrons. The zero-order chi connectivity index (χ0) is 13.4. The minimum Gasteiger partial charge on any atom is -0.508 e. The van der Waals surface area contributed by atoms with Gasteiger partial charge in [-0.3, -0.25) is 0 Å². The molecule has 18 heavy (non-hydrogen) atoms. The molecule has 0 aliphatic heterocycles. The Balaban J connectivity index is 0.000000184. The minimum atomic E-state index is 0.329. The lowest BCUT2D eigenvalue weighted by Gasteiger charge is -1.97. The van der Waals surface area contributed by atoms with E-state index in [9.17, 15) is 0 Å². The Bertz CT molecular complexity index is 440. The molecule has 2 aromatic carbocycles. The molecule has 0 aliphatic rings. The molecular formula is C16H20O2. The van der Waals surface area contributed by atoms with Gasteiger partial charge < -0.3 is 10.2 Å². The highest BCUT2D eigenvalue weighted by Crippen LogP contribution is 2.11. The monoisotopic (exact) mass is 244 g/mol. The van der Waals surface area contributed by atoms with Crippen LogP contribution in [-0.4, -0.2) is 10.2 Å². The summed E-state index contributed by atoms with van der Waals surface area (Å²) in [5.41, 5.74) is 2.38. The van der Waals surface area contributed by atoms with Crippen LogP contribution < -0.4 is 0 Å². The van der Waals surface area contributed by atoms with E-state index in [2.05, 4.69) is 6.92 Å². The maximum atomic E-state index is 9.04. The number of hydrogen-bond donors (Lipinski definition) is 2. The second-order valence-electron chi connectivity index (χ2n) is 4.26. The van der Waals surface area contributed by atoms with Crippen LogP contribution in [0.25, 0.3) is 0 Å². The Kier molecular flexibility index (Phi) is 5.78. The molecule has 96 valence electrons. The predicted molar refractivity (Wildman–Crippen MR) is 74.9 cm³/mol. The van der Waals surface area contributed by atoms with Crippen LogP contribution in [0.5, 0.6) is 11.5 Å². The van der Waals surface area contributed by atoms with Gasteiger partial charge in [-0.25, -0.2) is 0 Å². The summed E-state index contributed by atoms with van der Waals surface area (Å²) in [5.74, 6) is 0.696. The molecule has 0 bridgehead atoms. The lowest BCUT2D eigenvalue weighted by atomic mass is 10.1. The molecule has 0 aromatic heterocycles. The van der Waals surface area contributed by atoms with E-state index in [-0.39, 0.29) is 0 Å². The normalized spacial score (nSPS) is 9.44. The molecule has 2 rings (SSSR count). The number of hydrogen-bond acceptors (Lipinski definition) is 2. The van der Waals surface area contributed by atoms with Gasteiger partial charge in [0.05, 0.1) is 0 Å². The van der Waals surface area contributed by atoms with Crippen molar-refractivity contribution >= 4 is 0 Å². The third-order valence-electron chi connectivity index (χ3n) is 2.48. The Labute approximate surface area is 109 Å². The topological polar surface area (TPSA) is 40.5 Å². The minimum absolute atomic E-state index is 0.329. The van der Waals surface area contributed by atoms with Crippen LogP contribution in [0.2, 0.25) is 0 Å². The van der Waals surface area contributed by atoms with Crippen LogP contribution in [-0.2, 0) is 6.42 Å². The van der Waals surface area contributed by atoms with E-state index in [1.54, 1.807) is 18.2 Å². The summed E-state index contributed by atoms with van der Waals surface area (Å²) in [7, 11) is 0. The van der Waals surface area contributed by atoms with Gasteiger partial charge in [0.2, 0.25) is 0 Å². The number of benzene rings is 2. The maximum Gasteiger partial charge on any atom is 0.115 e. The van der Waals surface area contributed by atoms with Crippen molar-refractivity contribution in [2.24, 2.45) is 0 Å². The maximum absolute atomic E-state index is 9.04. The van der Waals surface area contributed by atoms with Gasteiger partial charge in [-0.1, -0.05) is 43.2 Å². The number of phenols is 2. The first-order chi connectivity index (χ1) is 8.61. The Hall–Kier alpha value is -1.96. The highest BCUT2D eigenvalue weighted by molar-refractivity contribution is 5.27. The lowest BCUT2D eigenvalue weighted by molar-refractivity contribution is 0.474. The Morgan fingerprint density at radius 3 is 2.06 bits per heavy atom. The SMILES string of the molecule is CCCc1cccc(O)c1.Cc1ccc(O)cc1. The third kappa shape index (κ3) is 5.39. The molecule has 0 amide bonds. The quantitative estimate of drug-likeness (QED) is 0.836. The molecule has 0 heterocycles. The zero-order valence-electron chi connectivity index (χ0n) is 10.9. The van der Waals surface area contributed by atoms with E-state index in [0.29, 0.717) is 11.5 Å². The first-order valence-corrected chi connectivity index (χ1v) is 6.15. The summed E-state index contributed by atoms with van der Waals surface area (Å²) < 4.78 is 0. The van der Waals surface area contributed by atoms with Crippen LogP contribution >= 0.6 is 0 Å². The first-order valence-electron chi connectivity index (χ1n) is 6.15. The van der Waals surface area contributed by atoms with Gasteiger partial charge in [-0.15, -0.1) is 0 Å². The van der Waals surface area contributed by atoms with Crippen molar-refractivity contribution in [3.63, 3.8) is 0 Å². The fourth-order valence-corrected chi connectivity index (χ4v) is 1.55. The van der Waals surface area contributed by atoms with Crippen LogP contribution in [0.1, 0.15) is 24.5 Å². The summed E-state index contributed by atoms with van der Waals surface area (Å²) in [6.45, 7) is 4.11. The molecule has 0 saturated carbocycles. The van der Waals surface area contributed by atoms with Gasteiger partial charge in [0, 0.05) is 0 Å². The number of aryl methyl sites for hydroxylation is 2. The predicted octanol–water partition coefficient (Wildman–Crippen LogP) is 4.05. The molecule has 2 N–H and O–H groups in total. The molecule has 2 aromatic rings. The second-order valence-corrected chi connectivity index (χ2v) is 4.26. The number of rotatable bonds is 2. The highest BCUT2D eigenvalue weighted by Gasteiger charge is 1.90. The average molecular weight is 244 g/mol. The van der Waals surface area contributed by atoms with E-state index in [1.165, 1.54) is 11.1 Å². The zero-order valence-corrected chi connectivity index (χ0v) is 10.9. The van der Waals surface area contributed by atoms with E-state index < -0.39 is 0 Å². The molecule has 0 spiro atoms. The van der Waals surface area contributed by atoms with E-state index >= 15 is 0 Å². The van der Waals surface area contributed by atoms with Crippen LogP contribution in [0.15, 0.2) is 48.5 Å². The van der Waals surface area contributed by atoms with Crippen molar-refractivity contribution in [3.05, 3.63) is 59.7 Å². The first kappa shape index (κ1) is 14.1. The fourth-order valence-electron chi connectivity index (χ4n) is 1.55. The van der Waals surface area contributed by atoms with Crippen LogP contribution in [0, 0.1) is 6.92 Å².